The van der Waals surface area contributed by atoms with Crippen molar-refractivity contribution < 1.29 is 0 Å². The van der Waals surface area contributed by atoms with E-state index in [-0.39, 0.29) is 0 Å². The van der Waals surface area contributed by atoms with Crippen LogP contribution in [0.2, 0.25) is 0 Å². The van der Waals surface area contributed by atoms with E-state index in [1.807, 2.05) is 0 Å². The monoisotopic (exact) mass is 155 g/mol. The summed E-state index contributed by atoms with van der Waals surface area (Å²) < 4.78 is 0. The zero-order valence-electron chi connectivity index (χ0n) is 8.22. The number of nitrogens with one attached hydrogen (secondary N) is 1. The molecular weight excluding hydrogens is 134 g/mol. The summed E-state index contributed by atoms with van der Waals surface area (Å²) in [6.07, 6.45) is 1.46. The number of hydrogen-bond donors (Lipinski definition) is 1. The van der Waals surface area contributed by atoms with Gasteiger partial charge in [-0.2, -0.15) is 0 Å². The first-order chi connectivity index (χ1) is 5.16. The zero-order chi connectivity index (χ0) is 8.43. The highest BCUT2D eigenvalue weighted by Crippen LogP contribution is 2.44. The third-order valence-corrected chi connectivity index (χ3v) is 3.16. The Bertz CT molecular complexity index is 122. The molecule has 0 aromatic rings. The maximum absolute atomic E-state index is 3.49. The van der Waals surface area contributed by atoms with Gasteiger partial charge in [-0.25, -0.2) is 0 Å². The number of hydrogen-bond acceptors (Lipinski definition) is 1. The maximum atomic E-state index is 3.49. The fourth-order valence-corrected chi connectivity index (χ4v) is 1.96. The van der Waals surface area contributed by atoms with Crippen LogP contribution in [0.4, 0.5) is 0 Å². The minimum absolute atomic E-state index is 0.704. The summed E-state index contributed by atoms with van der Waals surface area (Å²) in [5.41, 5.74) is 0. The van der Waals surface area contributed by atoms with E-state index in [0.29, 0.717) is 6.04 Å². The van der Waals surface area contributed by atoms with Crippen LogP contribution in [0.1, 0.15) is 34.1 Å². The molecule has 1 aliphatic rings. The lowest BCUT2D eigenvalue weighted by Gasteiger charge is -2.20. The molecule has 4 atom stereocenters. The van der Waals surface area contributed by atoms with Gasteiger partial charge in [-0.15, -0.1) is 0 Å². The fraction of sp³-hybridized carbons (Fsp3) is 1.00. The molecule has 0 aromatic carbocycles. The molecule has 0 aromatic heterocycles. The van der Waals surface area contributed by atoms with Gasteiger partial charge in [-0.05, 0) is 37.6 Å². The van der Waals surface area contributed by atoms with Gasteiger partial charge in [0.25, 0.3) is 0 Å². The highest BCUT2D eigenvalue weighted by atomic mass is 14.9. The average Bonchev–Trinajstić information content (AvgIpc) is 2.66. The molecule has 0 spiro atoms. The van der Waals surface area contributed by atoms with Crippen molar-refractivity contribution in [3.05, 3.63) is 0 Å². The molecule has 1 N–H and O–H groups in total. The van der Waals surface area contributed by atoms with Crippen LogP contribution in [0.5, 0.6) is 0 Å². The molecule has 0 bridgehead atoms. The van der Waals surface area contributed by atoms with Crippen molar-refractivity contribution in [2.24, 2.45) is 17.8 Å². The van der Waals surface area contributed by atoms with Gasteiger partial charge in [0.1, 0.15) is 0 Å². The lowest BCUT2D eigenvalue weighted by Crippen LogP contribution is -2.33. The van der Waals surface area contributed by atoms with Gasteiger partial charge in [0, 0.05) is 6.04 Å². The predicted octanol–water partition coefficient (Wildman–Crippen LogP) is 2.28. The quantitative estimate of drug-likeness (QED) is 0.656. The molecule has 66 valence electrons. The second-order valence-corrected chi connectivity index (χ2v) is 4.08. The largest absolute Gasteiger partial charge is 0.314 e. The summed E-state index contributed by atoms with van der Waals surface area (Å²) in [5.74, 6) is 2.86. The lowest BCUT2D eigenvalue weighted by molar-refractivity contribution is 0.357. The Morgan fingerprint density at radius 3 is 2.36 bits per heavy atom. The van der Waals surface area contributed by atoms with Crippen molar-refractivity contribution >= 4 is 0 Å². The smallest absolute Gasteiger partial charge is 0.00669 e. The predicted molar refractivity (Wildman–Crippen MR) is 49.6 cm³/mol. The molecule has 1 aliphatic carbocycles. The van der Waals surface area contributed by atoms with Gasteiger partial charge in [0.05, 0.1) is 0 Å². The van der Waals surface area contributed by atoms with Crippen molar-refractivity contribution in [1.82, 2.24) is 5.32 Å². The highest BCUT2D eigenvalue weighted by Gasteiger charge is 2.38. The van der Waals surface area contributed by atoms with E-state index < -0.39 is 0 Å². The first-order valence-electron chi connectivity index (χ1n) is 4.90. The first kappa shape index (κ1) is 9.05. The van der Waals surface area contributed by atoms with E-state index in [0.717, 1.165) is 24.3 Å². The Balaban J connectivity index is 2.23. The second-order valence-electron chi connectivity index (χ2n) is 4.08. The zero-order valence-corrected chi connectivity index (χ0v) is 8.22. The topological polar surface area (TPSA) is 12.0 Å². The van der Waals surface area contributed by atoms with Crippen LogP contribution in [-0.4, -0.2) is 12.6 Å². The van der Waals surface area contributed by atoms with Gasteiger partial charge >= 0.3 is 0 Å². The van der Waals surface area contributed by atoms with E-state index >= 15 is 0 Å². The van der Waals surface area contributed by atoms with Crippen LogP contribution >= 0.6 is 0 Å². The summed E-state index contributed by atoms with van der Waals surface area (Å²) >= 11 is 0. The molecule has 0 radical (unpaired) electrons. The fourth-order valence-electron chi connectivity index (χ4n) is 1.96. The lowest BCUT2D eigenvalue weighted by atomic mass is 9.97. The van der Waals surface area contributed by atoms with Crippen LogP contribution in [0.3, 0.4) is 0 Å². The van der Waals surface area contributed by atoms with Crippen molar-refractivity contribution in [3.63, 3.8) is 0 Å². The Labute approximate surface area is 70.6 Å². The molecule has 1 heteroatoms. The van der Waals surface area contributed by atoms with Crippen molar-refractivity contribution in [1.29, 1.82) is 0 Å². The Morgan fingerprint density at radius 2 is 2.00 bits per heavy atom. The van der Waals surface area contributed by atoms with Gasteiger partial charge < -0.3 is 5.32 Å². The molecule has 0 amide bonds. The van der Waals surface area contributed by atoms with Gasteiger partial charge in [0.15, 0.2) is 0 Å². The van der Waals surface area contributed by atoms with Crippen LogP contribution in [0.15, 0.2) is 0 Å². The van der Waals surface area contributed by atoms with E-state index in [1.54, 1.807) is 0 Å². The third kappa shape index (κ3) is 2.19. The maximum Gasteiger partial charge on any atom is 0.00669 e. The third-order valence-electron chi connectivity index (χ3n) is 3.16. The molecule has 0 heterocycles. The molecule has 1 fully saturated rings. The van der Waals surface area contributed by atoms with Crippen LogP contribution < -0.4 is 5.32 Å². The van der Waals surface area contributed by atoms with Gasteiger partial charge in [0.2, 0.25) is 0 Å². The molecule has 1 rings (SSSR count). The molecule has 3 unspecified atom stereocenters. The Morgan fingerprint density at radius 1 is 1.45 bits per heavy atom. The molecule has 1 saturated carbocycles. The van der Waals surface area contributed by atoms with Crippen LogP contribution in [0, 0.1) is 17.8 Å². The summed E-state index contributed by atoms with van der Waals surface area (Å²) in [6.45, 7) is 10.3. The minimum Gasteiger partial charge on any atom is -0.314 e. The SMILES string of the molecule is CCNC(C)C(C)[C@H]1CC1C. The normalized spacial score (nSPS) is 34.9. The first-order valence-corrected chi connectivity index (χ1v) is 4.90. The van der Waals surface area contributed by atoms with Gasteiger partial charge in [-0.3, -0.25) is 0 Å². The summed E-state index contributed by atoms with van der Waals surface area (Å²) in [5, 5.41) is 3.49. The van der Waals surface area contributed by atoms with Gasteiger partial charge in [-0.1, -0.05) is 20.8 Å². The molecular formula is C10H21N. The number of rotatable bonds is 4. The van der Waals surface area contributed by atoms with Crippen LogP contribution in [-0.2, 0) is 0 Å². The molecule has 0 aliphatic heterocycles. The Kier molecular flexibility index (Phi) is 2.94. The van der Waals surface area contributed by atoms with E-state index in [2.05, 4.69) is 33.0 Å². The van der Waals surface area contributed by atoms with Crippen LogP contribution in [0.25, 0.3) is 0 Å². The summed E-state index contributed by atoms with van der Waals surface area (Å²) in [6, 6.07) is 0.704. The summed E-state index contributed by atoms with van der Waals surface area (Å²) in [4.78, 5) is 0. The van der Waals surface area contributed by atoms with Crippen molar-refractivity contribution in [3.8, 4) is 0 Å². The second kappa shape index (κ2) is 3.57. The summed E-state index contributed by atoms with van der Waals surface area (Å²) in [7, 11) is 0. The van der Waals surface area contributed by atoms with Crippen molar-refractivity contribution in [2.75, 3.05) is 6.54 Å². The van der Waals surface area contributed by atoms with Crippen molar-refractivity contribution in [2.45, 2.75) is 40.2 Å². The van der Waals surface area contributed by atoms with E-state index in [9.17, 15) is 0 Å². The average molecular weight is 155 g/mol. The van der Waals surface area contributed by atoms with E-state index in [1.165, 1.54) is 6.42 Å². The standard InChI is InChI=1S/C10H21N/c1-5-11-9(4)8(3)10-6-7(10)2/h7-11H,5-6H2,1-4H3/t7?,8?,9?,10-/m0/s1. The van der Waals surface area contributed by atoms with E-state index in [4.69, 9.17) is 0 Å². The minimum atomic E-state index is 0.704. The molecule has 0 saturated heterocycles. The molecule has 1 nitrogen and oxygen atoms in total. The molecule has 11 heavy (non-hydrogen) atoms. The Hall–Kier alpha value is -0.0400. The highest BCUT2D eigenvalue weighted by molar-refractivity contribution is 4.90.